The predicted octanol–water partition coefficient (Wildman–Crippen LogP) is 2.43. The van der Waals surface area contributed by atoms with Gasteiger partial charge in [0, 0.05) is 27.6 Å². The number of aromatic nitrogens is 1. The maximum atomic E-state index is 5.94. The number of anilines is 1. The van der Waals surface area contributed by atoms with E-state index in [2.05, 4.69) is 26.7 Å². The number of halogens is 1. The summed E-state index contributed by atoms with van der Waals surface area (Å²) >= 11 is 0. The smallest absolute Gasteiger partial charge is 0.191 e. The van der Waals surface area contributed by atoms with Crippen molar-refractivity contribution in [3.05, 3.63) is 53.7 Å². The average molecular weight is 467 g/mol. The number of guanidine groups is 1. The number of hydrogen-bond donors (Lipinski definition) is 2. The van der Waals surface area contributed by atoms with Crippen LogP contribution in [0.4, 0.5) is 5.82 Å². The molecule has 2 aromatic rings. The molecule has 1 unspecified atom stereocenters. The topological polar surface area (TPSA) is 61.8 Å². The molecule has 2 N–H and O–H groups in total. The largest absolute Gasteiger partial charge is 0.488 e. The summed E-state index contributed by atoms with van der Waals surface area (Å²) in [6, 6.07) is 14.2. The van der Waals surface area contributed by atoms with Crippen LogP contribution in [0, 0.1) is 0 Å². The van der Waals surface area contributed by atoms with Crippen molar-refractivity contribution in [1.29, 1.82) is 0 Å². The Kier molecular flexibility index (Phi) is 7.50. The van der Waals surface area contributed by atoms with Crippen LogP contribution < -0.4 is 20.3 Å². The lowest BCUT2D eigenvalue weighted by molar-refractivity contribution is 0.235. The third-order valence-electron chi connectivity index (χ3n) is 4.12. The van der Waals surface area contributed by atoms with E-state index >= 15 is 0 Å². The first kappa shape index (κ1) is 20.3. The van der Waals surface area contributed by atoms with Crippen molar-refractivity contribution in [3.8, 4) is 5.75 Å². The van der Waals surface area contributed by atoms with Gasteiger partial charge < -0.3 is 20.3 Å². The molecule has 1 aromatic carbocycles. The lowest BCUT2D eigenvalue weighted by Crippen LogP contribution is -2.42. The van der Waals surface area contributed by atoms with E-state index in [0.29, 0.717) is 13.1 Å². The monoisotopic (exact) mass is 467 g/mol. The van der Waals surface area contributed by atoms with Crippen molar-refractivity contribution in [2.75, 3.05) is 32.6 Å². The van der Waals surface area contributed by atoms with E-state index in [1.165, 1.54) is 5.56 Å². The van der Waals surface area contributed by atoms with Gasteiger partial charge in [-0.25, -0.2) is 4.98 Å². The fraction of sp³-hybridized carbons (Fsp3) is 0.368. The Balaban J connectivity index is 0.00000243. The molecule has 26 heavy (non-hydrogen) atoms. The Labute approximate surface area is 172 Å². The Morgan fingerprint density at radius 1 is 1.19 bits per heavy atom. The van der Waals surface area contributed by atoms with Crippen molar-refractivity contribution >= 4 is 35.8 Å². The minimum absolute atomic E-state index is 0. The number of pyridine rings is 1. The second-order valence-corrected chi connectivity index (χ2v) is 6.24. The number of nitrogens with one attached hydrogen (secondary N) is 2. The molecule has 140 valence electrons. The van der Waals surface area contributed by atoms with E-state index in [4.69, 9.17) is 4.74 Å². The average Bonchev–Trinajstić information content (AvgIpc) is 3.05. The number of ether oxygens (including phenoxy) is 1. The standard InChI is InChI=1S/C19H25N5O.HI/c1-20-19(21-12-15-8-6-10-18(23-15)24(2)3)22-13-16-11-14-7-4-5-9-17(14)25-16;/h4-10,16H,11-13H2,1-3H3,(H2,20,21,22);1H. The molecule has 0 bridgehead atoms. The van der Waals surface area contributed by atoms with E-state index in [0.717, 1.165) is 29.6 Å². The Bertz CT molecular complexity index is 725. The normalized spacial score (nSPS) is 15.5. The Hall–Kier alpha value is -2.03. The second-order valence-electron chi connectivity index (χ2n) is 6.24. The summed E-state index contributed by atoms with van der Waals surface area (Å²) in [4.78, 5) is 10.9. The Morgan fingerprint density at radius 2 is 2.00 bits per heavy atom. The highest BCUT2D eigenvalue weighted by Gasteiger charge is 2.22. The molecular weight excluding hydrogens is 441 g/mol. The molecule has 0 aliphatic carbocycles. The molecule has 0 saturated heterocycles. The molecular formula is C19H26IN5O. The first-order valence-electron chi connectivity index (χ1n) is 8.48. The molecule has 3 rings (SSSR count). The van der Waals surface area contributed by atoms with E-state index in [-0.39, 0.29) is 30.1 Å². The fourth-order valence-electron chi connectivity index (χ4n) is 2.79. The van der Waals surface area contributed by atoms with E-state index in [1.54, 1.807) is 7.05 Å². The van der Waals surface area contributed by atoms with Crippen LogP contribution in [0.1, 0.15) is 11.3 Å². The van der Waals surface area contributed by atoms with Crippen molar-refractivity contribution in [3.63, 3.8) is 0 Å². The van der Waals surface area contributed by atoms with Gasteiger partial charge in [0.25, 0.3) is 0 Å². The molecule has 0 saturated carbocycles. The van der Waals surface area contributed by atoms with Crippen LogP contribution in [0.25, 0.3) is 0 Å². The first-order valence-corrected chi connectivity index (χ1v) is 8.48. The van der Waals surface area contributed by atoms with Crippen LogP contribution in [-0.4, -0.2) is 44.7 Å². The van der Waals surface area contributed by atoms with E-state index in [1.807, 2.05) is 55.4 Å². The van der Waals surface area contributed by atoms with E-state index < -0.39 is 0 Å². The number of nitrogens with zero attached hydrogens (tertiary/aromatic N) is 3. The van der Waals surface area contributed by atoms with Gasteiger partial charge in [0.15, 0.2) is 5.96 Å². The second kappa shape index (κ2) is 9.61. The molecule has 0 fully saturated rings. The zero-order valence-electron chi connectivity index (χ0n) is 15.4. The summed E-state index contributed by atoms with van der Waals surface area (Å²) in [5.41, 5.74) is 2.24. The summed E-state index contributed by atoms with van der Waals surface area (Å²) < 4.78 is 5.94. The van der Waals surface area contributed by atoms with Crippen molar-refractivity contribution in [2.45, 2.75) is 19.1 Å². The van der Waals surface area contributed by atoms with Crippen LogP contribution in [0.15, 0.2) is 47.5 Å². The molecule has 0 spiro atoms. The first-order chi connectivity index (χ1) is 12.2. The van der Waals surface area contributed by atoms with Gasteiger partial charge >= 0.3 is 0 Å². The summed E-state index contributed by atoms with van der Waals surface area (Å²) in [6.45, 7) is 1.33. The highest BCUT2D eigenvalue weighted by molar-refractivity contribution is 14.0. The van der Waals surface area contributed by atoms with E-state index in [9.17, 15) is 0 Å². The van der Waals surface area contributed by atoms with Gasteiger partial charge in [0.2, 0.25) is 0 Å². The van der Waals surface area contributed by atoms with Crippen molar-refractivity contribution in [2.24, 2.45) is 4.99 Å². The minimum atomic E-state index is 0. The van der Waals surface area contributed by atoms with Gasteiger partial charge in [0.05, 0.1) is 18.8 Å². The fourth-order valence-corrected chi connectivity index (χ4v) is 2.79. The maximum Gasteiger partial charge on any atom is 0.191 e. The minimum Gasteiger partial charge on any atom is -0.488 e. The number of aliphatic imine (C=N–C) groups is 1. The number of rotatable bonds is 5. The molecule has 1 atom stereocenters. The molecule has 7 heteroatoms. The van der Waals surface area contributed by atoms with Gasteiger partial charge in [-0.1, -0.05) is 24.3 Å². The number of fused-ring (bicyclic) bond motifs is 1. The zero-order chi connectivity index (χ0) is 17.6. The molecule has 1 aromatic heterocycles. The quantitative estimate of drug-likeness (QED) is 0.402. The molecule has 1 aliphatic rings. The lowest BCUT2D eigenvalue weighted by atomic mass is 10.1. The lowest BCUT2D eigenvalue weighted by Gasteiger charge is -2.16. The van der Waals surface area contributed by atoms with Crippen molar-refractivity contribution < 1.29 is 4.74 Å². The van der Waals surface area contributed by atoms with Crippen LogP contribution in [0.3, 0.4) is 0 Å². The SMILES string of the molecule is CN=C(NCc1cccc(N(C)C)n1)NCC1Cc2ccccc2O1.I. The van der Waals surface area contributed by atoms with Crippen LogP contribution in [0.2, 0.25) is 0 Å². The Morgan fingerprint density at radius 3 is 2.73 bits per heavy atom. The highest BCUT2D eigenvalue weighted by Crippen LogP contribution is 2.27. The van der Waals surface area contributed by atoms with Gasteiger partial charge in [-0.3, -0.25) is 4.99 Å². The maximum absolute atomic E-state index is 5.94. The van der Waals surface area contributed by atoms with Crippen LogP contribution in [-0.2, 0) is 13.0 Å². The van der Waals surface area contributed by atoms with Crippen molar-refractivity contribution in [1.82, 2.24) is 15.6 Å². The van der Waals surface area contributed by atoms with Gasteiger partial charge in [-0.2, -0.15) is 0 Å². The van der Waals surface area contributed by atoms with Crippen LogP contribution in [0.5, 0.6) is 5.75 Å². The number of para-hydroxylation sites is 1. The third kappa shape index (κ3) is 5.23. The van der Waals surface area contributed by atoms with Gasteiger partial charge in [-0.15, -0.1) is 24.0 Å². The highest BCUT2D eigenvalue weighted by atomic mass is 127. The van der Waals surface area contributed by atoms with Gasteiger partial charge in [0.1, 0.15) is 17.7 Å². The third-order valence-corrected chi connectivity index (χ3v) is 4.12. The zero-order valence-corrected chi connectivity index (χ0v) is 17.7. The molecule has 0 amide bonds. The number of hydrogen-bond acceptors (Lipinski definition) is 4. The van der Waals surface area contributed by atoms with Gasteiger partial charge in [-0.05, 0) is 23.8 Å². The molecule has 0 radical (unpaired) electrons. The number of benzene rings is 1. The summed E-state index contributed by atoms with van der Waals surface area (Å²) in [5.74, 6) is 2.68. The summed E-state index contributed by atoms with van der Waals surface area (Å²) in [7, 11) is 5.74. The molecule has 6 nitrogen and oxygen atoms in total. The predicted molar refractivity (Wildman–Crippen MR) is 117 cm³/mol. The summed E-state index contributed by atoms with van der Waals surface area (Å²) in [5, 5.41) is 6.63. The van der Waals surface area contributed by atoms with Crippen LogP contribution >= 0.6 is 24.0 Å². The summed E-state index contributed by atoms with van der Waals surface area (Å²) in [6.07, 6.45) is 1.05. The molecule has 2 heterocycles. The molecule has 1 aliphatic heterocycles.